The summed E-state index contributed by atoms with van der Waals surface area (Å²) < 4.78 is 39.2. The molecule has 2 saturated heterocycles. The van der Waals surface area contributed by atoms with Gasteiger partial charge < -0.3 is 14.9 Å². The Bertz CT molecular complexity index is 793. The van der Waals surface area contributed by atoms with Crippen molar-refractivity contribution in [3.05, 3.63) is 23.9 Å². The molecule has 1 aromatic rings. The van der Waals surface area contributed by atoms with Gasteiger partial charge in [0.05, 0.1) is 17.1 Å². The molecule has 0 radical (unpaired) electrons. The fraction of sp³-hybridized carbons (Fsp3) is 0.700. The second-order valence-corrected chi connectivity index (χ2v) is 8.78. The number of alkyl halides is 3. The first kappa shape index (κ1) is 18.2. The SMILES string of the molecule is O=C1N(C2CCC(O)CC2)CC2C3CCN(c4cc(C(F)(F)F)ccn4)C[C@@]132. The zero-order valence-corrected chi connectivity index (χ0v) is 15.5. The van der Waals surface area contributed by atoms with Crippen LogP contribution in [0, 0.1) is 17.3 Å². The van der Waals surface area contributed by atoms with Gasteiger partial charge in [-0.15, -0.1) is 0 Å². The van der Waals surface area contributed by atoms with Gasteiger partial charge in [-0.3, -0.25) is 4.79 Å². The summed E-state index contributed by atoms with van der Waals surface area (Å²) in [7, 11) is 0. The normalized spacial score (nSPS) is 37.6. The molecule has 3 heterocycles. The molecule has 5 nitrogen and oxygen atoms in total. The average Bonchev–Trinajstić information content (AvgIpc) is 3.24. The lowest BCUT2D eigenvalue weighted by molar-refractivity contribution is -0.138. The smallest absolute Gasteiger partial charge is 0.393 e. The average molecular weight is 395 g/mol. The van der Waals surface area contributed by atoms with Crippen LogP contribution in [0.25, 0.3) is 0 Å². The van der Waals surface area contributed by atoms with Crippen LogP contribution in [-0.2, 0) is 11.0 Å². The van der Waals surface area contributed by atoms with Crippen molar-refractivity contribution in [3.8, 4) is 0 Å². The molecule has 28 heavy (non-hydrogen) atoms. The van der Waals surface area contributed by atoms with Gasteiger partial charge in [-0.2, -0.15) is 13.2 Å². The lowest BCUT2D eigenvalue weighted by Crippen LogP contribution is -2.48. The first-order chi connectivity index (χ1) is 13.3. The van der Waals surface area contributed by atoms with Crippen LogP contribution in [0.3, 0.4) is 0 Å². The predicted octanol–water partition coefficient (Wildman–Crippen LogP) is 2.69. The molecule has 1 spiro atoms. The van der Waals surface area contributed by atoms with Crippen molar-refractivity contribution in [2.45, 2.75) is 50.4 Å². The number of nitrogens with zero attached hydrogens (tertiary/aromatic N) is 3. The minimum Gasteiger partial charge on any atom is -0.393 e. The summed E-state index contributed by atoms with van der Waals surface area (Å²) in [6.45, 7) is 1.86. The van der Waals surface area contributed by atoms with Gasteiger partial charge in [0, 0.05) is 31.9 Å². The molecule has 152 valence electrons. The molecule has 5 rings (SSSR count). The van der Waals surface area contributed by atoms with E-state index in [1.54, 1.807) is 0 Å². The van der Waals surface area contributed by atoms with Gasteiger partial charge in [-0.25, -0.2) is 4.98 Å². The van der Waals surface area contributed by atoms with Crippen molar-refractivity contribution in [3.63, 3.8) is 0 Å². The second kappa shape index (κ2) is 6.08. The lowest BCUT2D eigenvalue weighted by atomic mass is 9.90. The first-order valence-corrected chi connectivity index (χ1v) is 10.1. The standard InChI is InChI=1S/C20H24F3N3O2/c21-20(22,23)12-5-7-24-17(9-12)25-8-6-15-16-10-26(18(28)19(15,16)11-25)13-1-3-14(27)4-2-13/h5,7,9,13-16,27H,1-4,6,8,10-11H2/t13?,14?,15?,16?,19-/m1/s1. The fourth-order valence-corrected chi connectivity index (χ4v) is 5.87. The molecule has 2 aliphatic carbocycles. The van der Waals surface area contributed by atoms with Crippen molar-refractivity contribution in [1.82, 2.24) is 9.88 Å². The number of fused-ring (bicyclic) bond motifs is 1. The number of halogens is 3. The van der Waals surface area contributed by atoms with Gasteiger partial charge in [0.15, 0.2) is 0 Å². The van der Waals surface area contributed by atoms with E-state index in [-0.39, 0.29) is 18.1 Å². The third kappa shape index (κ3) is 2.64. The number of aromatic nitrogens is 1. The Hall–Kier alpha value is -1.83. The number of rotatable bonds is 2. The number of hydrogen-bond acceptors (Lipinski definition) is 4. The highest BCUT2D eigenvalue weighted by Crippen LogP contribution is 2.68. The number of pyridine rings is 1. The number of anilines is 1. The zero-order chi connectivity index (χ0) is 19.7. The number of likely N-dealkylation sites (tertiary alicyclic amines) is 1. The Morgan fingerprint density at radius 1 is 1.14 bits per heavy atom. The monoisotopic (exact) mass is 395 g/mol. The van der Waals surface area contributed by atoms with E-state index < -0.39 is 17.2 Å². The fourth-order valence-electron chi connectivity index (χ4n) is 5.87. The highest BCUT2D eigenvalue weighted by atomic mass is 19.4. The van der Waals surface area contributed by atoms with E-state index in [1.807, 2.05) is 9.80 Å². The molecule has 2 unspecified atom stereocenters. The molecule has 0 bridgehead atoms. The molecule has 4 fully saturated rings. The van der Waals surface area contributed by atoms with Gasteiger partial charge in [0.1, 0.15) is 5.82 Å². The lowest BCUT2D eigenvalue weighted by Gasteiger charge is -2.38. The molecule has 2 aliphatic heterocycles. The topological polar surface area (TPSA) is 56.7 Å². The molecule has 8 heteroatoms. The van der Waals surface area contributed by atoms with Crippen LogP contribution in [0.1, 0.15) is 37.7 Å². The summed E-state index contributed by atoms with van der Waals surface area (Å²) in [6, 6.07) is 2.27. The van der Waals surface area contributed by atoms with Gasteiger partial charge in [-0.1, -0.05) is 0 Å². The highest BCUT2D eigenvalue weighted by molar-refractivity contribution is 5.91. The van der Waals surface area contributed by atoms with Crippen LogP contribution in [0.4, 0.5) is 19.0 Å². The molecule has 1 amide bonds. The summed E-state index contributed by atoms with van der Waals surface area (Å²) >= 11 is 0. The second-order valence-electron chi connectivity index (χ2n) is 8.78. The van der Waals surface area contributed by atoms with Crippen molar-refractivity contribution in [2.24, 2.45) is 17.3 Å². The number of aliphatic hydroxyl groups is 1. The first-order valence-electron chi connectivity index (χ1n) is 10.1. The largest absolute Gasteiger partial charge is 0.416 e. The van der Waals surface area contributed by atoms with Crippen LogP contribution < -0.4 is 4.90 Å². The van der Waals surface area contributed by atoms with Crippen molar-refractivity contribution in [2.75, 3.05) is 24.5 Å². The van der Waals surface area contributed by atoms with Gasteiger partial charge in [0.25, 0.3) is 0 Å². The van der Waals surface area contributed by atoms with Crippen LogP contribution >= 0.6 is 0 Å². The number of piperidine rings is 2. The molecular weight excluding hydrogens is 371 g/mol. The molecule has 1 N–H and O–H groups in total. The van der Waals surface area contributed by atoms with Gasteiger partial charge in [0.2, 0.25) is 5.91 Å². The van der Waals surface area contributed by atoms with Crippen LogP contribution in [0.2, 0.25) is 0 Å². The van der Waals surface area contributed by atoms with Gasteiger partial charge in [-0.05, 0) is 56.1 Å². The van der Waals surface area contributed by atoms with Crippen LogP contribution in [-0.4, -0.2) is 52.7 Å². The number of hydrogen-bond donors (Lipinski definition) is 1. The maximum Gasteiger partial charge on any atom is 0.416 e. The summed E-state index contributed by atoms with van der Waals surface area (Å²) in [6.07, 6.45) is 0.492. The molecule has 4 aliphatic rings. The third-order valence-electron chi connectivity index (χ3n) is 7.42. The van der Waals surface area contributed by atoms with E-state index in [2.05, 4.69) is 4.98 Å². The van der Waals surface area contributed by atoms with Gasteiger partial charge >= 0.3 is 6.18 Å². The van der Waals surface area contributed by atoms with Crippen molar-refractivity contribution >= 4 is 11.7 Å². The zero-order valence-electron chi connectivity index (χ0n) is 15.5. The summed E-state index contributed by atoms with van der Waals surface area (Å²) in [5.74, 6) is 1.14. The minimum atomic E-state index is -4.40. The van der Waals surface area contributed by atoms with E-state index in [9.17, 15) is 23.1 Å². The Balaban J connectivity index is 1.34. The number of carbonyl (C=O) groups excluding carboxylic acids is 1. The van der Waals surface area contributed by atoms with E-state index >= 15 is 0 Å². The Kier molecular flexibility index (Phi) is 3.96. The third-order valence-corrected chi connectivity index (χ3v) is 7.42. The van der Waals surface area contributed by atoms with E-state index in [1.165, 1.54) is 6.20 Å². The molecule has 1 aromatic heterocycles. The quantitative estimate of drug-likeness (QED) is 0.837. The summed E-state index contributed by atoms with van der Waals surface area (Å²) in [5, 5.41) is 9.73. The number of aliphatic hydroxyl groups excluding tert-OH is 1. The van der Waals surface area contributed by atoms with E-state index in [0.29, 0.717) is 30.7 Å². The van der Waals surface area contributed by atoms with Crippen molar-refractivity contribution in [1.29, 1.82) is 0 Å². The summed E-state index contributed by atoms with van der Waals surface area (Å²) in [5.41, 5.74) is -1.14. The van der Waals surface area contributed by atoms with E-state index in [4.69, 9.17) is 0 Å². The maximum atomic E-state index is 13.3. The molecular formula is C20H24F3N3O2. The summed E-state index contributed by atoms with van der Waals surface area (Å²) in [4.78, 5) is 21.3. The van der Waals surface area contributed by atoms with Crippen LogP contribution in [0.5, 0.6) is 0 Å². The Labute approximate surface area is 161 Å². The van der Waals surface area contributed by atoms with E-state index in [0.717, 1.165) is 50.8 Å². The van der Waals surface area contributed by atoms with Crippen LogP contribution in [0.15, 0.2) is 18.3 Å². The Morgan fingerprint density at radius 3 is 2.61 bits per heavy atom. The van der Waals surface area contributed by atoms with Crippen molar-refractivity contribution < 1.29 is 23.1 Å². The minimum absolute atomic E-state index is 0.167. The highest BCUT2D eigenvalue weighted by Gasteiger charge is 2.76. The number of carbonyl (C=O) groups is 1. The Morgan fingerprint density at radius 2 is 1.89 bits per heavy atom. The number of amides is 1. The maximum absolute atomic E-state index is 13.3. The molecule has 0 aromatic carbocycles. The molecule has 3 atom stereocenters. The predicted molar refractivity (Wildman–Crippen MR) is 95.5 cm³/mol. The molecule has 2 saturated carbocycles.